The van der Waals surface area contributed by atoms with Crippen LogP contribution in [0.25, 0.3) is 0 Å². The number of pyridine rings is 1. The van der Waals surface area contributed by atoms with Gasteiger partial charge in [-0.2, -0.15) is 5.10 Å². The number of hydrogen-bond acceptors (Lipinski definition) is 4. The number of amides is 1. The Morgan fingerprint density at radius 1 is 1.45 bits per heavy atom. The van der Waals surface area contributed by atoms with Crippen molar-refractivity contribution in [2.24, 2.45) is 7.05 Å². The van der Waals surface area contributed by atoms with Crippen LogP contribution in [0, 0.1) is 0 Å². The molecule has 2 aromatic rings. The van der Waals surface area contributed by atoms with Gasteiger partial charge in [-0.3, -0.25) is 9.48 Å². The number of anilines is 1. The molecular weight excluding hydrogens is 256 g/mol. The van der Waals surface area contributed by atoms with Crippen molar-refractivity contribution < 1.29 is 9.53 Å². The lowest BCUT2D eigenvalue weighted by Crippen LogP contribution is -2.27. The van der Waals surface area contributed by atoms with Crippen LogP contribution in [-0.4, -0.2) is 33.8 Å². The normalized spacial score (nSPS) is 10.7. The zero-order chi connectivity index (χ0) is 14.7. The Morgan fingerprint density at radius 3 is 2.80 bits per heavy atom. The molecule has 0 aliphatic heterocycles. The third kappa shape index (κ3) is 2.96. The summed E-state index contributed by atoms with van der Waals surface area (Å²) in [5.41, 5.74) is 1.01. The number of ether oxygens (including phenoxy) is 1. The van der Waals surface area contributed by atoms with Crippen LogP contribution >= 0.6 is 0 Å². The van der Waals surface area contributed by atoms with E-state index < -0.39 is 0 Å². The number of aryl methyl sites for hydroxylation is 1. The minimum atomic E-state index is -0.228. The van der Waals surface area contributed by atoms with E-state index in [2.05, 4.69) is 10.1 Å². The van der Waals surface area contributed by atoms with E-state index in [1.54, 1.807) is 49.5 Å². The molecule has 0 aliphatic carbocycles. The molecule has 106 valence electrons. The molecule has 6 nitrogen and oxygen atoms in total. The van der Waals surface area contributed by atoms with Crippen molar-refractivity contribution in [2.75, 3.05) is 11.9 Å². The lowest BCUT2D eigenvalue weighted by molar-refractivity contribution is 0.0982. The Bertz CT molecular complexity index is 607. The SMILES string of the molecule is CC(C)Oc1cccnc1C(=O)N(C)c1cnn(C)c1. The average molecular weight is 274 g/mol. The molecule has 2 rings (SSSR count). The zero-order valence-electron chi connectivity index (χ0n) is 12.1. The maximum atomic E-state index is 12.5. The van der Waals surface area contributed by atoms with Crippen LogP contribution in [0.1, 0.15) is 24.3 Å². The van der Waals surface area contributed by atoms with Crippen molar-refractivity contribution in [1.29, 1.82) is 0 Å². The van der Waals surface area contributed by atoms with Crippen molar-refractivity contribution in [2.45, 2.75) is 20.0 Å². The van der Waals surface area contributed by atoms with Gasteiger partial charge in [-0.15, -0.1) is 0 Å². The smallest absolute Gasteiger partial charge is 0.280 e. The molecule has 0 saturated carbocycles. The first-order valence-corrected chi connectivity index (χ1v) is 6.37. The molecule has 6 heteroatoms. The summed E-state index contributed by atoms with van der Waals surface area (Å²) in [7, 11) is 3.49. The molecule has 2 aromatic heterocycles. The molecule has 0 unspecified atom stereocenters. The minimum Gasteiger partial charge on any atom is -0.489 e. The molecule has 0 atom stereocenters. The number of nitrogens with zero attached hydrogens (tertiary/aromatic N) is 4. The summed E-state index contributed by atoms with van der Waals surface area (Å²) < 4.78 is 7.27. The van der Waals surface area contributed by atoms with Gasteiger partial charge < -0.3 is 9.64 Å². The quantitative estimate of drug-likeness (QED) is 0.854. The van der Waals surface area contributed by atoms with Crippen molar-refractivity contribution in [3.8, 4) is 5.75 Å². The predicted molar refractivity (Wildman–Crippen MR) is 75.9 cm³/mol. The van der Waals surface area contributed by atoms with Gasteiger partial charge in [-0.25, -0.2) is 4.98 Å². The number of aromatic nitrogens is 3. The van der Waals surface area contributed by atoms with Crippen molar-refractivity contribution in [3.05, 3.63) is 36.4 Å². The van der Waals surface area contributed by atoms with Crippen molar-refractivity contribution >= 4 is 11.6 Å². The maximum absolute atomic E-state index is 12.5. The first kappa shape index (κ1) is 14.0. The third-order valence-electron chi connectivity index (χ3n) is 2.72. The van der Waals surface area contributed by atoms with Gasteiger partial charge in [0, 0.05) is 26.5 Å². The zero-order valence-corrected chi connectivity index (χ0v) is 12.1. The number of rotatable bonds is 4. The third-order valence-corrected chi connectivity index (χ3v) is 2.72. The van der Waals surface area contributed by atoms with Gasteiger partial charge in [0.15, 0.2) is 11.4 Å². The van der Waals surface area contributed by atoms with Crippen LogP contribution in [0.5, 0.6) is 5.75 Å². The lowest BCUT2D eigenvalue weighted by atomic mass is 10.2. The van der Waals surface area contributed by atoms with E-state index in [-0.39, 0.29) is 12.0 Å². The molecule has 0 bridgehead atoms. The monoisotopic (exact) mass is 274 g/mol. The Labute approximate surface area is 118 Å². The van der Waals surface area contributed by atoms with Crippen molar-refractivity contribution in [3.63, 3.8) is 0 Å². The number of hydrogen-bond donors (Lipinski definition) is 0. The summed E-state index contributed by atoms with van der Waals surface area (Å²) >= 11 is 0. The van der Waals surface area contributed by atoms with Gasteiger partial charge in [-0.05, 0) is 26.0 Å². The summed E-state index contributed by atoms with van der Waals surface area (Å²) in [5.74, 6) is 0.262. The van der Waals surface area contributed by atoms with Crippen LogP contribution in [0.15, 0.2) is 30.7 Å². The lowest BCUT2D eigenvalue weighted by Gasteiger charge is -2.17. The van der Waals surface area contributed by atoms with Gasteiger partial charge in [0.05, 0.1) is 18.0 Å². The van der Waals surface area contributed by atoms with Crippen LogP contribution < -0.4 is 9.64 Å². The van der Waals surface area contributed by atoms with E-state index in [0.29, 0.717) is 17.1 Å². The average Bonchev–Trinajstić information content (AvgIpc) is 2.84. The van der Waals surface area contributed by atoms with Crippen LogP contribution in [0.2, 0.25) is 0 Å². The van der Waals surface area contributed by atoms with E-state index in [1.807, 2.05) is 13.8 Å². The molecule has 0 saturated heterocycles. The highest BCUT2D eigenvalue weighted by Crippen LogP contribution is 2.21. The minimum absolute atomic E-state index is 0.0190. The first-order valence-electron chi connectivity index (χ1n) is 6.37. The highest BCUT2D eigenvalue weighted by atomic mass is 16.5. The Kier molecular flexibility index (Phi) is 4.02. The summed E-state index contributed by atoms with van der Waals surface area (Å²) in [5, 5.41) is 4.06. The van der Waals surface area contributed by atoms with Crippen LogP contribution in [0.4, 0.5) is 5.69 Å². The van der Waals surface area contributed by atoms with E-state index in [4.69, 9.17) is 4.74 Å². The second-order valence-corrected chi connectivity index (χ2v) is 4.75. The number of carbonyl (C=O) groups is 1. The fourth-order valence-corrected chi connectivity index (χ4v) is 1.76. The predicted octanol–water partition coefficient (Wildman–Crippen LogP) is 1.88. The highest BCUT2D eigenvalue weighted by Gasteiger charge is 2.20. The maximum Gasteiger partial charge on any atom is 0.280 e. The fraction of sp³-hybridized carbons (Fsp3) is 0.357. The van der Waals surface area contributed by atoms with Gasteiger partial charge in [0.2, 0.25) is 0 Å². The Hall–Kier alpha value is -2.37. The van der Waals surface area contributed by atoms with Gasteiger partial charge in [0.25, 0.3) is 5.91 Å². The number of carbonyl (C=O) groups excluding carboxylic acids is 1. The summed E-state index contributed by atoms with van der Waals surface area (Å²) in [6.45, 7) is 3.82. The second kappa shape index (κ2) is 5.73. The largest absolute Gasteiger partial charge is 0.489 e. The van der Waals surface area contributed by atoms with Gasteiger partial charge in [0.1, 0.15) is 0 Å². The Balaban J connectivity index is 2.29. The van der Waals surface area contributed by atoms with Gasteiger partial charge in [-0.1, -0.05) is 0 Å². The summed E-state index contributed by atoms with van der Waals surface area (Å²) in [6, 6.07) is 3.50. The molecule has 0 N–H and O–H groups in total. The van der Waals surface area contributed by atoms with E-state index in [0.717, 1.165) is 0 Å². The van der Waals surface area contributed by atoms with Crippen LogP contribution in [0.3, 0.4) is 0 Å². The molecule has 0 fully saturated rings. The molecule has 0 aliphatic rings. The topological polar surface area (TPSA) is 60.2 Å². The first-order chi connectivity index (χ1) is 9.49. The molecule has 0 radical (unpaired) electrons. The molecule has 0 spiro atoms. The molecule has 1 amide bonds. The van der Waals surface area contributed by atoms with E-state index in [1.165, 1.54) is 4.90 Å². The van der Waals surface area contributed by atoms with Crippen LogP contribution in [-0.2, 0) is 7.05 Å². The molecular formula is C14H18N4O2. The fourth-order valence-electron chi connectivity index (χ4n) is 1.76. The summed E-state index contributed by atoms with van der Waals surface area (Å²) in [6.07, 6.45) is 4.96. The molecule has 0 aromatic carbocycles. The summed E-state index contributed by atoms with van der Waals surface area (Å²) in [4.78, 5) is 18.1. The van der Waals surface area contributed by atoms with Gasteiger partial charge >= 0.3 is 0 Å². The second-order valence-electron chi connectivity index (χ2n) is 4.75. The standard InChI is InChI=1S/C14H18N4O2/c1-10(2)20-12-6-5-7-15-13(12)14(19)18(4)11-8-16-17(3)9-11/h5-10H,1-4H3. The Morgan fingerprint density at radius 2 is 2.20 bits per heavy atom. The molecule has 20 heavy (non-hydrogen) atoms. The van der Waals surface area contributed by atoms with E-state index >= 15 is 0 Å². The highest BCUT2D eigenvalue weighted by molar-refractivity contribution is 6.05. The molecule has 2 heterocycles. The van der Waals surface area contributed by atoms with Crippen molar-refractivity contribution in [1.82, 2.24) is 14.8 Å². The van der Waals surface area contributed by atoms with E-state index in [9.17, 15) is 4.79 Å².